The van der Waals surface area contributed by atoms with Crippen molar-refractivity contribution in [3.63, 3.8) is 0 Å². The van der Waals surface area contributed by atoms with Crippen LogP contribution in [0.4, 0.5) is 5.69 Å². The molecule has 0 spiro atoms. The van der Waals surface area contributed by atoms with E-state index in [1.165, 1.54) is 0 Å². The Hall–Kier alpha value is -1.84. The van der Waals surface area contributed by atoms with Crippen LogP contribution < -0.4 is 10.2 Å². The maximum absolute atomic E-state index is 12.8. The van der Waals surface area contributed by atoms with E-state index in [1.807, 2.05) is 52.0 Å². The van der Waals surface area contributed by atoms with E-state index in [0.717, 1.165) is 17.7 Å². The molecule has 0 bridgehead atoms. The third-order valence-corrected chi connectivity index (χ3v) is 4.33. The van der Waals surface area contributed by atoms with Gasteiger partial charge in [0, 0.05) is 5.69 Å². The van der Waals surface area contributed by atoms with Gasteiger partial charge in [0.15, 0.2) is 0 Å². The van der Waals surface area contributed by atoms with Gasteiger partial charge in [-0.3, -0.25) is 14.5 Å². The molecule has 1 aliphatic heterocycles. The maximum atomic E-state index is 12.8. The van der Waals surface area contributed by atoms with Gasteiger partial charge in [-0.05, 0) is 31.4 Å². The number of nitrogens with one attached hydrogen (secondary N) is 1. The highest BCUT2D eigenvalue weighted by Gasteiger charge is 2.42. The second-order valence-corrected chi connectivity index (χ2v) is 5.84. The van der Waals surface area contributed by atoms with Gasteiger partial charge in [0.1, 0.15) is 12.1 Å². The van der Waals surface area contributed by atoms with E-state index in [4.69, 9.17) is 0 Å². The summed E-state index contributed by atoms with van der Waals surface area (Å²) >= 11 is 0. The summed E-state index contributed by atoms with van der Waals surface area (Å²) in [5.74, 6) is 0.0785. The predicted molar refractivity (Wildman–Crippen MR) is 84.1 cm³/mol. The van der Waals surface area contributed by atoms with E-state index in [1.54, 1.807) is 4.90 Å². The van der Waals surface area contributed by atoms with Crippen LogP contribution in [0.3, 0.4) is 0 Å². The zero-order valence-corrected chi connectivity index (χ0v) is 13.2. The lowest BCUT2D eigenvalue weighted by Gasteiger charge is -2.40. The minimum Gasteiger partial charge on any atom is -0.342 e. The van der Waals surface area contributed by atoms with Gasteiger partial charge in [-0.25, -0.2) is 0 Å². The second kappa shape index (κ2) is 6.29. The zero-order chi connectivity index (χ0) is 15.6. The summed E-state index contributed by atoms with van der Waals surface area (Å²) < 4.78 is 0. The smallest absolute Gasteiger partial charge is 0.250 e. The van der Waals surface area contributed by atoms with Crippen molar-refractivity contribution in [2.45, 2.75) is 52.6 Å². The number of piperazine rings is 1. The van der Waals surface area contributed by atoms with Crippen LogP contribution in [0, 0.1) is 12.8 Å². The molecular formula is C17H24N2O2. The first-order valence-corrected chi connectivity index (χ1v) is 7.69. The third kappa shape index (κ3) is 2.94. The topological polar surface area (TPSA) is 49.4 Å². The Kier molecular flexibility index (Phi) is 4.66. The molecule has 0 saturated carbocycles. The molecule has 4 nitrogen and oxygen atoms in total. The SMILES string of the molecule is CCC(C)C1NC(=O)C(CC)N(c2ccc(C)cc2)C1=O. The summed E-state index contributed by atoms with van der Waals surface area (Å²) in [6.07, 6.45) is 1.47. The molecule has 1 saturated heterocycles. The fraction of sp³-hybridized carbons (Fsp3) is 0.529. The Morgan fingerprint density at radius 3 is 2.33 bits per heavy atom. The number of nitrogens with zero attached hydrogens (tertiary/aromatic N) is 1. The van der Waals surface area contributed by atoms with Crippen LogP contribution >= 0.6 is 0 Å². The molecule has 1 aromatic carbocycles. The highest BCUT2D eigenvalue weighted by molar-refractivity contribution is 6.08. The van der Waals surface area contributed by atoms with Crippen molar-refractivity contribution in [2.75, 3.05) is 4.90 Å². The van der Waals surface area contributed by atoms with Crippen molar-refractivity contribution < 1.29 is 9.59 Å². The fourth-order valence-corrected chi connectivity index (χ4v) is 2.73. The van der Waals surface area contributed by atoms with E-state index < -0.39 is 12.1 Å². The highest BCUT2D eigenvalue weighted by atomic mass is 16.2. The minimum absolute atomic E-state index is 0.000321. The molecule has 1 aliphatic rings. The molecule has 0 radical (unpaired) electrons. The Morgan fingerprint density at radius 1 is 1.19 bits per heavy atom. The quantitative estimate of drug-likeness (QED) is 0.926. The lowest BCUT2D eigenvalue weighted by molar-refractivity contribution is -0.135. The first-order chi connectivity index (χ1) is 9.99. The van der Waals surface area contributed by atoms with Gasteiger partial charge in [0.25, 0.3) is 5.91 Å². The molecule has 21 heavy (non-hydrogen) atoms. The summed E-state index contributed by atoms with van der Waals surface area (Å²) in [5, 5.41) is 2.90. The summed E-state index contributed by atoms with van der Waals surface area (Å²) in [4.78, 5) is 26.9. The van der Waals surface area contributed by atoms with Gasteiger partial charge in [-0.2, -0.15) is 0 Å². The van der Waals surface area contributed by atoms with E-state index in [-0.39, 0.29) is 17.7 Å². The number of hydrogen-bond acceptors (Lipinski definition) is 2. The summed E-state index contributed by atoms with van der Waals surface area (Å²) in [5.41, 5.74) is 1.94. The van der Waals surface area contributed by atoms with Crippen molar-refractivity contribution in [3.05, 3.63) is 29.8 Å². The molecule has 1 heterocycles. The summed E-state index contributed by atoms with van der Waals surface area (Å²) in [6, 6.07) is 6.94. The largest absolute Gasteiger partial charge is 0.342 e. The van der Waals surface area contributed by atoms with E-state index in [2.05, 4.69) is 5.32 Å². The van der Waals surface area contributed by atoms with Crippen LogP contribution in [-0.4, -0.2) is 23.9 Å². The number of benzene rings is 1. The number of carbonyl (C=O) groups excluding carboxylic acids is 2. The maximum Gasteiger partial charge on any atom is 0.250 e. The van der Waals surface area contributed by atoms with Gasteiger partial charge in [0.05, 0.1) is 0 Å². The molecule has 2 rings (SSSR count). The number of amides is 2. The lowest BCUT2D eigenvalue weighted by atomic mass is 9.93. The van der Waals surface area contributed by atoms with Crippen LogP contribution in [0.1, 0.15) is 39.2 Å². The van der Waals surface area contributed by atoms with Gasteiger partial charge >= 0.3 is 0 Å². The average molecular weight is 288 g/mol. The number of rotatable bonds is 4. The molecule has 3 unspecified atom stereocenters. The number of carbonyl (C=O) groups is 2. The predicted octanol–water partition coefficient (Wildman–Crippen LogP) is 2.65. The van der Waals surface area contributed by atoms with Crippen molar-refractivity contribution in [3.8, 4) is 0 Å². The van der Waals surface area contributed by atoms with Crippen LogP contribution in [0.25, 0.3) is 0 Å². The van der Waals surface area contributed by atoms with Crippen LogP contribution in [0.5, 0.6) is 0 Å². The summed E-state index contributed by atoms with van der Waals surface area (Å²) in [6.45, 7) is 7.98. The molecule has 0 aliphatic carbocycles. The van der Waals surface area contributed by atoms with Crippen molar-refractivity contribution in [1.29, 1.82) is 0 Å². The van der Waals surface area contributed by atoms with Gasteiger partial charge in [-0.1, -0.05) is 44.9 Å². The molecule has 1 N–H and O–H groups in total. The van der Waals surface area contributed by atoms with Gasteiger partial charge in [0.2, 0.25) is 5.91 Å². The third-order valence-electron chi connectivity index (χ3n) is 4.33. The Bertz CT molecular complexity index is 524. The number of anilines is 1. The zero-order valence-electron chi connectivity index (χ0n) is 13.2. The average Bonchev–Trinajstić information content (AvgIpc) is 2.49. The van der Waals surface area contributed by atoms with Crippen molar-refractivity contribution in [2.24, 2.45) is 5.92 Å². The van der Waals surface area contributed by atoms with Crippen LogP contribution in [0.2, 0.25) is 0 Å². The van der Waals surface area contributed by atoms with Gasteiger partial charge < -0.3 is 5.32 Å². The molecule has 3 atom stereocenters. The second-order valence-electron chi connectivity index (χ2n) is 5.84. The Morgan fingerprint density at radius 2 is 1.81 bits per heavy atom. The monoisotopic (exact) mass is 288 g/mol. The van der Waals surface area contributed by atoms with E-state index in [0.29, 0.717) is 6.42 Å². The van der Waals surface area contributed by atoms with Crippen molar-refractivity contribution >= 4 is 17.5 Å². The molecule has 1 fully saturated rings. The minimum atomic E-state index is -0.424. The molecule has 0 aromatic heterocycles. The Balaban J connectivity index is 2.39. The van der Waals surface area contributed by atoms with E-state index >= 15 is 0 Å². The first kappa shape index (κ1) is 15.5. The molecule has 1 aromatic rings. The molecule has 114 valence electrons. The Labute approximate surface area is 126 Å². The molecule has 4 heteroatoms. The standard InChI is InChI=1S/C17H24N2O2/c1-5-12(4)15-17(21)19(14(6-2)16(20)18-15)13-9-7-11(3)8-10-13/h7-10,12,14-15H,5-6H2,1-4H3,(H,18,20). The molecular weight excluding hydrogens is 264 g/mol. The summed E-state index contributed by atoms with van der Waals surface area (Å²) in [7, 11) is 0. The lowest BCUT2D eigenvalue weighted by Crippen LogP contribution is -2.65. The first-order valence-electron chi connectivity index (χ1n) is 7.69. The highest BCUT2D eigenvalue weighted by Crippen LogP contribution is 2.26. The van der Waals surface area contributed by atoms with Gasteiger partial charge in [-0.15, -0.1) is 0 Å². The molecule has 2 amide bonds. The van der Waals surface area contributed by atoms with Crippen LogP contribution in [0.15, 0.2) is 24.3 Å². The van der Waals surface area contributed by atoms with Crippen LogP contribution in [-0.2, 0) is 9.59 Å². The number of aryl methyl sites for hydroxylation is 1. The number of hydrogen-bond donors (Lipinski definition) is 1. The van der Waals surface area contributed by atoms with E-state index in [9.17, 15) is 9.59 Å². The normalized spacial score (nSPS) is 23.9. The fourth-order valence-electron chi connectivity index (χ4n) is 2.73. The van der Waals surface area contributed by atoms with Crippen molar-refractivity contribution in [1.82, 2.24) is 5.32 Å².